The van der Waals surface area contributed by atoms with Gasteiger partial charge >= 0.3 is 6.03 Å². The standard InChI is InChI=1S/C17H14F4N4O2/c1-8(16-12(20)4-9(18)5-22-16)23-14(26)7-25-6-10-13(24-17(25)27)3-2-11(19)15(10)21/h2-5,8H,6-7H2,1H3,(H,23,26)(H,24,27). The van der Waals surface area contributed by atoms with E-state index in [-0.39, 0.29) is 23.5 Å². The molecule has 6 nitrogen and oxygen atoms in total. The Morgan fingerprint density at radius 2 is 2.04 bits per heavy atom. The topological polar surface area (TPSA) is 74.3 Å². The molecular weight excluding hydrogens is 368 g/mol. The van der Waals surface area contributed by atoms with Crippen LogP contribution in [0.5, 0.6) is 0 Å². The summed E-state index contributed by atoms with van der Waals surface area (Å²) >= 11 is 0. The van der Waals surface area contributed by atoms with Crippen molar-refractivity contribution in [1.82, 2.24) is 15.2 Å². The molecule has 1 unspecified atom stereocenters. The Morgan fingerprint density at radius 3 is 2.74 bits per heavy atom. The van der Waals surface area contributed by atoms with Gasteiger partial charge in [-0.05, 0) is 19.1 Å². The fraction of sp³-hybridized carbons (Fsp3) is 0.235. The van der Waals surface area contributed by atoms with Crippen LogP contribution in [0, 0.1) is 23.3 Å². The van der Waals surface area contributed by atoms with Crippen LogP contribution in [0.15, 0.2) is 24.4 Å². The number of amides is 3. The molecule has 0 aliphatic carbocycles. The van der Waals surface area contributed by atoms with Crippen molar-refractivity contribution in [2.45, 2.75) is 19.5 Å². The minimum absolute atomic E-state index is 0.0818. The summed E-state index contributed by atoms with van der Waals surface area (Å²) in [6, 6.07) is 1.20. The molecule has 27 heavy (non-hydrogen) atoms. The van der Waals surface area contributed by atoms with Gasteiger partial charge in [-0.25, -0.2) is 22.4 Å². The van der Waals surface area contributed by atoms with Crippen molar-refractivity contribution in [3.63, 3.8) is 0 Å². The lowest BCUT2D eigenvalue weighted by Crippen LogP contribution is -2.45. The van der Waals surface area contributed by atoms with E-state index in [0.717, 1.165) is 17.2 Å². The molecule has 0 fully saturated rings. The number of nitrogens with one attached hydrogen (secondary N) is 2. The molecule has 2 heterocycles. The zero-order chi connectivity index (χ0) is 19.7. The van der Waals surface area contributed by atoms with Gasteiger partial charge in [-0.1, -0.05) is 0 Å². The van der Waals surface area contributed by atoms with E-state index in [1.165, 1.54) is 13.0 Å². The summed E-state index contributed by atoms with van der Waals surface area (Å²) in [6.45, 7) is 0.645. The maximum Gasteiger partial charge on any atom is 0.322 e. The number of anilines is 1. The number of pyridine rings is 1. The van der Waals surface area contributed by atoms with Crippen molar-refractivity contribution in [1.29, 1.82) is 0 Å². The smallest absolute Gasteiger partial charge is 0.322 e. The first-order valence-corrected chi connectivity index (χ1v) is 7.89. The number of fused-ring (bicyclic) bond motifs is 1. The molecule has 142 valence electrons. The van der Waals surface area contributed by atoms with Crippen LogP contribution in [0.3, 0.4) is 0 Å². The fourth-order valence-corrected chi connectivity index (χ4v) is 2.72. The maximum atomic E-state index is 13.9. The van der Waals surface area contributed by atoms with E-state index in [0.29, 0.717) is 6.07 Å². The quantitative estimate of drug-likeness (QED) is 0.799. The highest BCUT2D eigenvalue weighted by atomic mass is 19.2. The number of aromatic nitrogens is 1. The van der Waals surface area contributed by atoms with Crippen molar-refractivity contribution in [2.75, 3.05) is 11.9 Å². The number of nitrogens with zero attached hydrogens (tertiary/aromatic N) is 2. The number of hydrogen-bond acceptors (Lipinski definition) is 3. The van der Waals surface area contributed by atoms with Crippen LogP contribution in [-0.4, -0.2) is 28.4 Å². The van der Waals surface area contributed by atoms with Gasteiger partial charge in [0.05, 0.1) is 30.2 Å². The Morgan fingerprint density at radius 1 is 1.30 bits per heavy atom. The van der Waals surface area contributed by atoms with Gasteiger partial charge in [-0.2, -0.15) is 0 Å². The maximum absolute atomic E-state index is 13.9. The minimum Gasteiger partial charge on any atom is -0.346 e. The molecule has 3 rings (SSSR count). The number of benzene rings is 1. The van der Waals surface area contributed by atoms with Gasteiger partial charge in [-0.3, -0.25) is 9.78 Å². The van der Waals surface area contributed by atoms with E-state index in [9.17, 15) is 27.2 Å². The van der Waals surface area contributed by atoms with Crippen molar-refractivity contribution < 1.29 is 27.2 Å². The first kappa shape index (κ1) is 18.6. The molecule has 3 amide bonds. The third-order valence-corrected chi connectivity index (χ3v) is 4.03. The Labute approximate surface area is 151 Å². The van der Waals surface area contributed by atoms with Gasteiger partial charge in [0, 0.05) is 11.6 Å². The van der Waals surface area contributed by atoms with Gasteiger partial charge in [0.15, 0.2) is 11.6 Å². The Bertz CT molecular complexity index is 922. The molecule has 2 aromatic rings. The first-order valence-electron chi connectivity index (χ1n) is 7.89. The Hall–Kier alpha value is -3.17. The van der Waals surface area contributed by atoms with Gasteiger partial charge in [0.1, 0.15) is 18.2 Å². The number of halogens is 4. The molecule has 10 heteroatoms. The Kier molecular flexibility index (Phi) is 4.98. The van der Waals surface area contributed by atoms with E-state index in [2.05, 4.69) is 15.6 Å². The molecule has 1 atom stereocenters. The summed E-state index contributed by atoms with van der Waals surface area (Å²) in [5.74, 6) is -4.63. The van der Waals surface area contributed by atoms with Crippen molar-refractivity contribution in [2.24, 2.45) is 0 Å². The molecule has 0 saturated heterocycles. The number of carbonyl (C=O) groups excluding carboxylic acids is 2. The second-order valence-corrected chi connectivity index (χ2v) is 5.98. The molecule has 1 aliphatic heterocycles. The van der Waals surface area contributed by atoms with Crippen LogP contribution in [0.1, 0.15) is 24.2 Å². The normalized spacial score (nSPS) is 14.4. The van der Waals surface area contributed by atoms with Crippen LogP contribution in [0.4, 0.5) is 28.0 Å². The molecule has 0 saturated carbocycles. The second kappa shape index (κ2) is 7.22. The number of hydrogen-bond donors (Lipinski definition) is 2. The van der Waals surface area contributed by atoms with E-state index >= 15 is 0 Å². The highest BCUT2D eigenvalue weighted by Crippen LogP contribution is 2.27. The molecule has 0 radical (unpaired) electrons. The van der Waals surface area contributed by atoms with Crippen molar-refractivity contribution in [3.8, 4) is 0 Å². The first-order chi connectivity index (χ1) is 12.8. The van der Waals surface area contributed by atoms with Crippen LogP contribution in [-0.2, 0) is 11.3 Å². The number of carbonyl (C=O) groups is 2. The lowest BCUT2D eigenvalue weighted by atomic mass is 10.1. The monoisotopic (exact) mass is 382 g/mol. The predicted octanol–water partition coefficient (Wildman–Crippen LogP) is 2.86. The predicted molar refractivity (Wildman–Crippen MR) is 86.5 cm³/mol. The summed E-state index contributed by atoms with van der Waals surface area (Å²) in [6.07, 6.45) is 0.813. The highest BCUT2D eigenvalue weighted by molar-refractivity contribution is 5.94. The third kappa shape index (κ3) is 3.83. The van der Waals surface area contributed by atoms with Crippen molar-refractivity contribution >= 4 is 17.6 Å². The molecular formula is C17H14F4N4O2. The average molecular weight is 382 g/mol. The summed E-state index contributed by atoms with van der Waals surface area (Å²) in [7, 11) is 0. The van der Waals surface area contributed by atoms with E-state index in [1.54, 1.807) is 0 Å². The van der Waals surface area contributed by atoms with Gasteiger partial charge in [0.25, 0.3) is 0 Å². The van der Waals surface area contributed by atoms with E-state index in [1.807, 2.05) is 0 Å². The van der Waals surface area contributed by atoms with Gasteiger partial charge in [0.2, 0.25) is 5.91 Å². The van der Waals surface area contributed by atoms with Crippen molar-refractivity contribution in [3.05, 3.63) is 58.9 Å². The van der Waals surface area contributed by atoms with E-state index < -0.39 is 47.8 Å². The largest absolute Gasteiger partial charge is 0.346 e. The Balaban J connectivity index is 1.68. The number of rotatable bonds is 4. The van der Waals surface area contributed by atoms with Crippen LogP contribution < -0.4 is 10.6 Å². The van der Waals surface area contributed by atoms with E-state index in [4.69, 9.17) is 0 Å². The molecule has 2 N–H and O–H groups in total. The molecule has 1 aromatic carbocycles. The molecule has 1 aliphatic rings. The number of urea groups is 1. The summed E-state index contributed by atoms with van der Waals surface area (Å²) < 4.78 is 53.9. The molecule has 0 bridgehead atoms. The molecule has 0 spiro atoms. The van der Waals surface area contributed by atoms with Gasteiger partial charge < -0.3 is 15.5 Å². The van der Waals surface area contributed by atoms with Crippen LogP contribution >= 0.6 is 0 Å². The summed E-state index contributed by atoms with van der Waals surface area (Å²) in [5, 5.41) is 4.79. The average Bonchev–Trinajstić information content (AvgIpc) is 2.59. The molecule has 1 aromatic heterocycles. The SMILES string of the molecule is CC(NC(=O)CN1Cc2c(ccc(F)c2F)NC1=O)c1ncc(F)cc1F. The lowest BCUT2D eigenvalue weighted by Gasteiger charge is -2.29. The second-order valence-electron chi connectivity index (χ2n) is 5.98. The lowest BCUT2D eigenvalue weighted by molar-refractivity contribution is -0.122. The van der Waals surface area contributed by atoms with Crippen LogP contribution in [0.2, 0.25) is 0 Å². The fourth-order valence-electron chi connectivity index (χ4n) is 2.72. The van der Waals surface area contributed by atoms with Crippen LogP contribution in [0.25, 0.3) is 0 Å². The third-order valence-electron chi connectivity index (χ3n) is 4.03. The zero-order valence-corrected chi connectivity index (χ0v) is 14.0. The summed E-state index contributed by atoms with van der Waals surface area (Å²) in [5.41, 5.74) is -0.130. The minimum atomic E-state index is -1.11. The summed E-state index contributed by atoms with van der Waals surface area (Å²) in [4.78, 5) is 28.8. The van der Waals surface area contributed by atoms with Gasteiger partial charge in [-0.15, -0.1) is 0 Å². The highest BCUT2D eigenvalue weighted by Gasteiger charge is 2.28. The zero-order valence-electron chi connectivity index (χ0n) is 14.0.